The fourth-order valence-electron chi connectivity index (χ4n) is 3.57. The summed E-state index contributed by atoms with van der Waals surface area (Å²) in [6.07, 6.45) is 9.34. The highest BCUT2D eigenvalue weighted by Crippen LogP contribution is 2.33. The number of carbonyl (C=O) groups is 2. The number of allylic oxidation sites excluding steroid dienone is 2. The van der Waals surface area contributed by atoms with Gasteiger partial charge in [0.25, 0.3) is 0 Å². The number of aryl methyl sites for hydroxylation is 1. The van der Waals surface area contributed by atoms with E-state index in [1.54, 1.807) is 12.2 Å². The number of Topliss-reactive ketones (excluding diaryl/α,β-unsaturated/α-hetero) is 1. The topological polar surface area (TPSA) is 94.8 Å². The summed E-state index contributed by atoms with van der Waals surface area (Å²) in [6.45, 7) is 0. The Bertz CT molecular complexity index is 679. The Morgan fingerprint density at radius 2 is 1.96 bits per heavy atom. The minimum Gasteiger partial charge on any atom is -0.481 e. The van der Waals surface area contributed by atoms with Crippen LogP contribution in [-0.2, 0) is 16.0 Å². The number of carboxylic acid groups (broad SMARTS) is 1. The van der Waals surface area contributed by atoms with Crippen LogP contribution in [0.1, 0.15) is 44.1 Å². The number of aliphatic carboxylic acids is 1. The van der Waals surface area contributed by atoms with Crippen LogP contribution in [0.15, 0.2) is 54.6 Å². The number of aliphatic hydroxyl groups is 2. The monoisotopic (exact) mass is 386 g/mol. The molecule has 0 amide bonds. The third-order valence-electron chi connectivity index (χ3n) is 5.18. The van der Waals surface area contributed by atoms with Gasteiger partial charge in [0.2, 0.25) is 0 Å². The van der Waals surface area contributed by atoms with Gasteiger partial charge in [-0.25, -0.2) is 0 Å². The van der Waals surface area contributed by atoms with Crippen LogP contribution in [0.3, 0.4) is 0 Å². The van der Waals surface area contributed by atoms with Crippen molar-refractivity contribution in [2.24, 2.45) is 11.8 Å². The SMILES string of the molecule is O=C(O)CCCC=CC[C@H]1C(=O)C[C@@H](O)[C@@H]1C=C[C@@H](O)CCc1ccccc1. The van der Waals surface area contributed by atoms with Crippen LogP contribution in [0.2, 0.25) is 0 Å². The Kier molecular flexibility index (Phi) is 9.11. The molecule has 1 aromatic carbocycles. The fourth-order valence-corrected chi connectivity index (χ4v) is 3.57. The lowest BCUT2D eigenvalue weighted by Gasteiger charge is -2.16. The van der Waals surface area contributed by atoms with Crippen LogP contribution in [0.5, 0.6) is 0 Å². The molecule has 0 spiro atoms. The molecule has 0 aliphatic heterocycles. The molecule has 3 N–H and O–H groups in total. The number of hydrogen-bond donors (Lipinski definition) is 3. The first kappa shape index (κ1) is 22.1. The molecule has 0 radical (unpaired) electrons. The van der Waals surface area contributed by atoms with Gasteiger partial charge in [-0.15, -0.1) is 0 Å². The van der Waals surface area contributed by atoms with Gasteiger partial charge in [0.1, 0.15) is 5.78 Å². The standard InChI is InChI=1S/C23H30O5/c24-18(13-12-17-8-4-3-5-9-17)14-15-20-19(21(25)16-22(20)26)10-6-1-2-7-11-23(27)28/h1,3-6,8-9,14-15,18-20,22,24,26H,2,7,10-13,16H2,(H,27,28)/t18-,19+,20+,22+/m0/s1. The highest BCUT2D eigenvalue weighted by atomic mass is 16.4. The second-order valence-corrected chi connectivity index (χ2v) is 7.39. The Balaban J connectivity index is 1.82. The van der Waals surface area contributed by atoms with Crippen LogP contribution in [0, 0.1) is 11.8 Å². The van der Waals surface area contributed by atoms with Crippen LogP contribution in [0.4, 0.5) is 0 Å². The van der Waals surface area contributed by atoms with E-state index in [2.05, 4.69) is 0 Å². The Morgan fingerprint density at radius 1 is 1.21 bits per heavy atom. The molecule has 4 atom stereocenters. The molecule has 1 fully saturated rings. The summed E-state index contributed by atoms with van der Waals surface area (Å²) < 4.78 is 0. The van der Waals surface area contributed by atoms with Crippen molar-refractivity contribution >= 4 is 11.8 Å². The first-order valence-electron chi connectivity index (χ1n) is 9.95. The molecule has 2 rings (SSSR count). The van der Waals surface area contributed by atoms with E-state index >= 15 is 0 Å². The smallest absolute Gasteiger partial charge is 0.303 e. The van der Waals surface area contributed by atoms with E-state index < -0.39 is 18.2 Å². The number of unbranched alkanes of at least 4 members (excludes halogenated alkanes) is 1. The molecule has 28 heavy (non-hydrogen) atoms. The highest BCUT2D eigenvalue weighted by Gasteiger charge is 2.39. The van der Waals surface area contributed by atoms with Crippen LogP contribution in [-0.4, -0.2) is 39.3 Å². The average molecular weight is 386 g/mol. The molecule has 152 valence electrons. The van der Waals surface area contributed by atoms with Gasteiger partial charge in [0.05, 0.1) is 12.2 Å². The Hall–Kier alpha value is -2.24. The van der Waals surface area contributed by atoms with E-state index in [9.17, 15) is 19.8 Å². The predicted octanol–water partition coefficient (Wildman–Crippen LogP) is 3.30. The zero-order chi connectivity index (χ0) is 20.4. The van der Waals surface area contributed by atoms with Crippen LogP contribution in [0.25, 0.3) is 0 Å². The van der Waals surface area contributed by atoms with E-state index in [1.807, 2.05) is 42.5 Å². The van der Waals surface area contributed by atoms with E-state index in [1.165, 1.54) is 0 Å². The number of hydrogen-bond acceptors (Lipinski definition) is 4. The Labute approximate surface area is 166 Å². The second-order valence-electron chi connectivity index (χ2n) is 7.39. The lowest BCUT2D eigenvalue weighted by Crippen LogP contribution is -2.19. The van der Waals surface area contributed by atoms with Gasteiger partial charge >= 0.3 is 5.97 Å². The van der Waals surface area contributed by atoms with E-state index in [0.717, 1.165) is 12.0 Å². The molecule has 0 unspecified atom stereocenters. The number of aliphatic hydroxyl groups excluding tert-OH is 2. The normalized spacial score (nSPS) is 23.6. The third-order valence-corrected chi connectivity index (χ3v) is 5.18. The predicted molar refractivity (Wildman–Crippen MR) is 108 cm³/mol. The second kappa shape index (κ2) is 11.6. The van der Waals surface area contributed by atoms with Gasteiger partial charge in [-0.1, -0.05) is 54.6 Å². The van der Waals surface area contributed by atoms with Gasteiger partial charge in [-0.2, -0.15) is 0 Å². The van der Waals surface area contributed by atoms with E-state index in [4.69, 9.17) is 5.11 Å². The van der Waals surface area contributed by atoms with Crippen molar-refractivity contribution < 1.29 is 24.9 Å². The summed E-state index contributed by atoms with van der Waals surface area (Å²) in [6, 6.07) is 9.94. The number of rotatable bonds is 11. The molecular formula is C23H30O5. The van der Waals surface area contributed by atoms with Crippen LogP contribution < -0.4 is 0 Å². The molecule has 5 nitrogen and oxygen atoms in total. The quantitative estimate of drug-likeness (QED) is 0.401. The molecule has 1 aromatic rings. The number of ketones is 1. The number of benzene rings is 1. The first-order chi connectivity index (χ1) is 13.5. The average Bonchev–Trinajstić information content (AvgIpc) is 2.94. The molecule has 1 aliphatic rings. The molecule has 0 saturated heterocycles. The third kappa shape index (κ3) is 7.41. The molecule has 5 heteroatoms. The summed E-state index contributed by atoms with van der Waals surface area (Å²) in [4.78, 5) is 22.7. The van der Waals surface area contributed by atoms with Crippen molar-refractivity contribution in [1.82, 2.24) is 0 Å². The van der Waals surface area contributed by atoms with Gasteiger partial charge in [-0.3, -0.25) is 9.59 Å². The fraction of sp³-hybridized carbons (Fsp3) is 0.478. The maximum atomic E-state index is 12.2. The molecule has 0 aromatic heterocycles. The van der Waals surface area contributed by atoms with Gasteiger partial charge in [0, 0.05) is 24.7 Å². The summed E-state index contributed by atoms with van der Waals surface area (Å²) in [5.74, 6) is -1.35. The molecular weight excluding hydrogens is 356 g/mol. The summed E-state index contributed by atoms with van der Waals surface area (Å²) in [5.41, 5.74) is 1.16. The van der Waals surface area contributed by atoms with E-state index in [-0.39, 0.29) is 30.5 Å². The van der Waals surface area contributed by atoms with E-state index in [0.29, 0.717) is 25.7 Å². The summed E-state index contributed by atoms with van der Waals surface area (Å²) in [5, 5.41) is 29.0. The lowest BCUT2D eigenvalue weighted by molar-refractivity contribution is -0.137. The number of carbonyl (C=O) groups excluding carboxylic acids is 1. The van der Waals surface area contributed by atoms with Crippen LogP contribution >= 0.6 is 0 Å². The maximum Gasteiger partial charge on any atom is 0.303 e. The summed E-state index contributed by atoms with van der Waals surface area (Å²) >= 11 is 0. The molecule has 0 heterocycles. The highest BCUT2D eigenvalue weighted by molar-refractivity contribution is 5.84. The van der Waals surface area contributed by atoms with Gasteiger partial charge in [-0.05, 0) is 37.7 Å². The molecule has 1 aliphatic carbocycles. The zero-order valence-corrected chi connectivity index (χ0v) is 16.1. The minimum absolute atomic E-state index is 0.0381. The van der Waals surface area contributed by atoms with Gasteiger partial charge < -0.3 is 15.3 Å². The van der Waals surface area contributed by atoms with Crippen molar-refractivity contribution in [3.8, 4) is 0 Å². The summed E-state index contributed by atoms with van der Waals surface area (Å²) in [7, 11) is 0. The Morgan fingerprint density at radius 3 is 2.68 bits per heavy atom. The zero-order valence-electron chi connectivity index (χ0n) is 16.1. The van der Waals surface area contributed by atoms with Crippen molar-refractivity contribution in [3.63, 3.8) is 0 Å². The van der Waals surface area contributed by atoms with Crippen molar-refractivity contribution in [1.29, 1.82) is 0 Å². The van der Waals surface area contributed by atoms with Crippen molar-refractivity contribution in [2.45, 2.75) is 57.2 Å². The minimum atomic E-state index is -0.807. The lowest BCUT2D eigenvalue weighted by atomic mass is 9.90. The maximum absolute atomic E-state index is 12.2. The molecule has 1 saturated carbocycles. The number of carboxylic acids is 1. The van der Waals surface area contributed by atoms with Crippen molar-refractivity contribution in [2.75, 3.05) is 0 Å². The largest absolute Gasteiger partial charge is 0.481 e. The first-order valence-corrected chi connectivity index (χ1v) is 9.95. The van der Waals surface area contributed by atoms with Crippen molar-refractivity contribution in [3.05, 3.63) is 60.2 Å². The van der Waals surface area contributed by atoms with Gasteiger partial charge in [0.15, 0.2) is 0 Å². The molecule has 0 bridgehead atoms.